The first-order valence-corrected chi connectivity index (χ1v) is 26.3. The highest BCUT2D eigenvalue weighted by Gasteiger charge is 2.44. The standard InChI is InChI=1S/C54H66ClN13O7/c1-33(2)50(54(72)67-32-40(69)26-45(67)53(71)59-34(3)35-9-11-36(12-10-35)51-42(55)29-58-63(51)4)47-28-49(62-75-47)74-24-22-65-19-17-64(18-20-65)21-23-73-48-25-37(15-16-57-48)68-38-13-14-39(68)31-66(30-38)44-27-43(60-61-52(44)56)41-7-5-6-8-46(41)70/h5-12,15-16,25,27-29,33-34,38-40,45,50,69-70H,13-14,17-24,26,30-32H2,1-4H3,(H2,56,61)(H,59,71)/t34-,38?,39?,40+,45-,50-/m0/s1. The van der Waals surface area contributed by atoms with Gasteiger partial charge in [-0.15, -0.1) is 10.2 Å². The number of nitrogens with two attached hydrogens (primary N) is 1. The molecule has 2 aromatic carbocycles. The predicted molar refractivity (Wildman–Crippen MR) is 284 cm³/mol. The Balaban J connectivity index is 0.656. The molecule has 2 unspecified atom stereocenters. The number of carbonyl (C=O) groups is 2. The number of para-hydroxylation sites is 1. The number of aromatic nitrogens is 6. The number of anilines is 3. The van der Waals surface area contributed by atoms with Crippen molar-refractivity contribution < 1.29 is 33.8 Å². The number of amides is 2. The Labute approximate surface area is 441 Å². The van der Waals surface area contributed by atoms with Gasteiger partial charge in [-0.25, -0.2) is 4.98 Å². The van der Waals surface area contributed by atoms with Crippen LogP contribution < -0.4 is 30.3 Å². The zero-order chi connectivity index (χ0) is 52.3. The van der Waals surface area contributed by atoms with Crippen LogP contribution in [0.25, 0.3) is 22.5 Å². The van der Waals surface area contributed by atoms with E-state index in [1.807, 2.05) is 76.5 Å². The van der Waals surface area contributed by atoms with E-state index in [4.69, 9.17) is 31.3 Å². The molecule has 10 rings (SSSR count). The van der Waals surface area contributed by atoms with Gasteiger partial charge >= 0.3 is 0 Å². The Morgan fingerprint density at radius 3 is 2.25 bits per heavy atom. The first-order chi connectivity index (χ1) is 36.3. The molecule has 8 heterocycles. The molecule has 4 aliphatic heterocycles. The van der Waals surface area contributed by atoms with Crippen LogP contribution in [-0.2, 0) is 16.6 Å². The number of rotatable bonds is 18. The molecule has 6 atom stereocenters. The lowest BCUT2D eigenvalue weighted by atomic mass is 9.91. The number of nitrogen functional groups attached to an aromatic ring is 1. The molecule has 4 aliphatic rings. The number of aromatic hydroxyl groups is 1. The van der Waals surface area contributed by atoms with Gasteiger partial charge in [0.15, 0.2) is 11.6 Å². The van der Waals surface area contributed by atoms with Crippen molar-refractivity contribution in [1.82, 2.24) is 50.1 Å². The number of piperazine rings is 2. The second kappa shape index (κ2) is 22.5. The Morgan fingerprint density at radius 2 is 1.59 bits per heavy atom. The lowest BCUT2D eigenvalue weighted by Crippen LogP contribution is -2.54. The molecular formula is C54H66ClN13O7. The molecule has 2 bridgehead atoms. The fraction of sp³-hybridized carbons (Fsp3) is 0.463. The second-order valence-electron chi connectivity index (χ2n) is 20.4. The number of ether oxygens (including phenoxy) is 2. The summed E-state index contributed by atoms with van der Waals surface area (Å²) in [5.41, 5.74) is 12.1. The van der Waals surface area contributed by atoms with Crippen molar-refractivity contribution in [3.63, 3.8) is 0 Å². The van der Waals surface area contributed by atoms with E-state index in [1.165, 1.54) is 4.90 Å². The normalized spacial score (nSPS) is 20.9. The quantitative estimate of drug-likeness (QED) is 0.0847. The van der Waals surface area contributed by atoms with Crippen molar-refractivity contribution in [3.8, 4) is 40.0 Å². The average Bonchev–Trinajstić information content (AvgIpc) is 4.19. The summed E-state index contributed by atoms with van der Waals surface area (Å²) in [6, 6.07) is 21.9. The molecule has 0 spiro atoms. The molecule has 2 amide bonds. The van der Waals surface area contributed by atoms with Crippen LogP contribution in [0.4, 0.5) is 17.2 Å². The molecular weight excluding hydrogens is 978 g/mol. The predicted octanol–water partition coefficient (Wildman–Crippen LogP) is 5.38. The van der Waals surface area contributed by atoms with E-state index in [0.29, 0.717) is 59.4 Å². The first-order valence-electron chi connectivity index (χ1n) is 25.9. The van der Waals surface area contributed by atoms with Crippen LogP contribution in [0.5, 0.6) is 17.5 Å². The van der Waals surface area contributed by atoms with Gasteiger partial charge in [-0.1, -0.05) is 61.8 Å². The minimum absolute atomic E-state index is 0.0353. The lowest BCUT2D eigenvalue weighted by Gasteiger charge is -2.43. The van der Waals surface area contributed by atoms with E-state index < -0.39 is 18.1 Å². The van der Waals surface area contributed by atoms with Crippen molar-refractivity contribution in [2.24, 2.45) is 13.0 Å². The number of phenols is 1. The summed E-state index contributed by atoms with van der Waals surface area (Å²) in [4.78, 5) is 43.6. The Kier molecular flexibility index (Phi) is 15.4. The third-order valence-corrected chi connectivity index (χ3v) is 15.4. The smallest absolute Gasteiger partial charge is 0.254 e. The summed E-state index contributed by atoms with van der Waals surface area (Å²) in [6.07, 6.45) is 4.83. The second-order valence-corrected chi connectivity index (χ2v) is 20.9. The van der Waals surface area contributed by atoms with Crippen LogP contribution >= 0.6 is 11.6 Å². The molecule has 4 saturated heterocycles. The SMILES string of the molecule is CC(C)[C@H](C(=O)N1C[C@H](O)C[C@H]1C(=O)N[C@@H](C)c1ccc(-c2c(Cl)cnn2C)cc1)c1cc(OCCN2CCN(CCOc3cc(N4C5CCC4CN(c4cc(-c6ccccc6O)nnc4N)C5)ccn3)CC2)no1. The maximum absolute atomic E-state index is 14.3. The topological polar surface area (TPSA) is 230 Å². The number of hydrogen-bond acceptors (Lipinski definition) is 17. The monoisotopic (exact) mass is 1040 g/mol. The van der Waals surface area contributed by atoms with Crippen LogP contribution in [-0.4, -0.2) is 163 Å². The highest BCUT2D eigenvalue weighted by Crippen LogP contribution is 2.40. The van der Waals surface area contributed by atoms with Crippen LogP contribution in [0.1, 0.15) is 63.3 Å². The molecule has 0 aliphatic carbocycles. The molecule has 4 fully saturated rings. The van der Waals surface area contributed by atoms with Gasteiger partial charge < -0.3 is 50.0 Å². The molecule has 0 radical (unpaired) electrons. The number of β-amino-alcohol motifs (C(OH)–C–C–N with tert-alkyl or cyclic N) is 1. The molecule has 5 N–H and O–H groups in total. The molecule has 396 valence electrons. The first kappa shape index (κ1) is 51.5. The summed E-state index contributed by atoms with van der Waals surface area (Å²) in [5.74, 6) is 0.202. The minimum atomic E-state index is -0.855. The highest BCUT2D eigenvalue weighted by atomic mass is 35.5. The highest BCUT2D eigenvalue weighted by molar-refractivity contribution is 6.33. The van der Waals surface area contributed by atoms with E-state index in [9.17, 15) is 19.8 Å². The number of aliphatic hydroxyl groups is 1. The lowest BCUT2D eigenvalue weighted by molar-refractivity contribution is -0.141. The number of nitrogens with zero attached hydrogens (tertiary/aromatic N) is 11. The maximum atomic E-state index is 14.3. The van der Waals surface area contributed by atoms with Crippen LogP contribution in [0.3, 0.4) is 0 Å². The van der Waals surface area contributed by atoms with Gasteiger partial charge in [-0.05, 0) is 60.7 Å². The van der Waals surface area contributed by atoms with Gasteiger partial charge in [-0.2, -0.15) is 5.10 Å². The van der Waals surface area contributed by atoms with Gasteiger partial charge in [0.1, 0.15) is 30.9 Å². The number of aliphatic hydroxyl groups excluding tert-OH is 1. The molecule has 21 heteroatoms. The van der Waals surface area contributed by atoms with Crippen molar-refractivity contribution in [2.75, 3.05) is 87.7 Å². The summed E-state index contributed by atoms with van der Waals surface area (Å²) >= 11 is 6.35. The molecule has 75 heavy (non-hydrogen) atoms. The summed E-state index contributed by atoms with van der Waals surface area (Å²) in [6.45, 7) is 13.2. The van der Waals surface area contributed by atoms with Gasteiger partial charge in [0.05, 0.1) is 40.4 Å². The number of nitrogens with one attached hydrogen (secondary N) is 1. The summed E-state index contributed by atoms with van der Waals surface area (Å²) in [5, 5.41) is 41.7. The summed E-state index contributed by atoms with van der Waals surface area (Å²) in [7, 11) is 1.83. The largest absolute Gasteiger partial charge is 0.507 e. The van der Waals surface area contributed by atoms with Gasteiger partial charge in [0, 0.05) is 120 Å². The number of phenolic OH excluding ortho intramolecular Hbond substituents is 1. The molecule has 6 aromatic rings. The van der Waals surface area contributed by atoms with E-state index in [-0.39, 0.29) is 54.6 Å². The van der Waals surface area contributed by atoms with Crippen molar-refractivity contribution in [1.29, 1.82) is 0 Å². The van der Waals surface area contributed by atoms with Crippen LogP contribution in [0.2, 0.25) is 5.02 Å². The van der Waals surface area contributed by atoms with Crippen LogP contribution in [0.15, 0.2) is 89.7 Å². The fourth-order valence-corrected chi connectivity index (χ4v) is 11.5. The van der Waals surface area contributed by atoms with E-state index in [2.05, 4.69) is 62.5 Å². The minimum Gasteiger partial charge on any atom is -0.507 e. The molecule has 20 nitrogen and oxygen atoms in total. The van der Waals surface area contributed by atoms with E-state index in [1.54, 1.807) is 29.1 Å². The number of carbonyl (C=O) groups excluding carboxylic acids is 2. The number of pyridine rings is 1. The van der Waals surface area contributed by atoms with Crippen molar-refractivity contribution in [3.05, 3.63) is 102 Å². The average molecular weight is 1040 g/mol. The third-order valence-electron chi connectivity index (χ3n) is 15.1. The number of hydrogen-bond donors (Lipinski definition) is 4. The third kappa shape index (κ3) is 11.3. The number of likely N-dealkylation sites (tertiary alicyclic amines) is 1. The van der Waals surface area contributed by atoms with E-state index >= 15 is 0 Å². The Morgan fingerprint density at radius 1 is 0.893 bits per heavy atom. The summed E-state index contributed by atoms with van der Waals surface area (Å²) < 4.78 is 19.7. The van der Waals surface area contributed by atoms with E-state index in [0.717, 1.165) is 86.9 Å². The number of fused-ring (bicyclic) bond motifs is 2. The van der Waals surface area contributed by atoms with Gasteiger partial charge in [-0.3, -0.25) is 24.1 Å². The zero-order valence-corrected chi connectivity index (χ0v) is 43.6. The number of benzene rings is 2. The van der Waals surface area contributed by atoms with Gasteiger partial charge in [0.2, 0.25) is 17.7 Å². The number of aryl methyl sites for hydroxylation is 1. The maximum Gasteiger partial charge on any atom is 0.254 e. The Bertz CT molecular complexity index is 2910. The molecule has 0 saturated carbocycles. The number of halogens is 1. The Hall–Kier alpha value is -7.00. The van der Waals surface area contributed by atoms with Crippen LogP contribution in [0, 0.1) is 5.92 Å². The van der Waals surface area contributed by atoms with Crippen molar-refractivity contribution in [2.45, 2.75) is 76.2 Å². The molecule has 4 aromatic heterocycles. The van der Waals surface area contributed by atoms with Gasteiger partial charge in [0.25, 0.3) is 5.88 Å². The van der Waals surface area contributed by atoms with Crippen molar-refractivity contribution >= 4 is 40.6 Å². The zero-order valence-electron chi connectivity index (χ0n) is 42.8. The fourth-order valence-electron chi connectivity index (χ4n) is 11.2.